The highest BCUT2D eigenvalue weighted by molar-refractivity contribution is 9.10. The van der Waals surface area contributed by atoms with E-state index in [4.69, 9.17) is 0 Å². The topological polar surface area (TPSA) is 49.4 Å². The molecule has 0 aromatic heterocycles. The Labute approximate surface area is 158 Å². The third-order valence-electron chi connectivity index (χ3n) is 4.47. The minimum Gasteiger partial charge on any atom is -0.372 e. The molecule has 0 bridgehead atoms. The summed E-state index contributed by atoms with van der Waals surface area (Å²) >= 11 is 3.29. The first-order valence-electron chi connectivity index (χ1n) is 8.64. The molecule has 0 spiro atoms. The van der Waals surface area contributed by atoms with E-state index in [1.807, 2.05) is 0 Å². The number of sulfonamides is 1. The second-order valence-electron chi connectivity index (χ2n) is 6.29. The number of aryl methyl sites for hydroxylation is 1. The van der Waals surface area contributed by atoms with Crippen LogP contribution in [-0.2, 0) is 16.4 Å². The van der Waals surface area contributed by atoms with E-state index in [2.05, 4.69) is 49.8 Å². The molecule has 1 aliphatic heterocycles. The monoisotopic (exact) mass is 422 g/mol. The molecule has 0 atom stereocenters. The molecule has 1 saturated heterocycles. The van der Waals surface area contributed by atoms with E-state index in [-0.39, 0.29) is 4.90 Å². The zero-order valence-corrected chi connectivity index (χ0v) is 16.5. The summed E-state index contributed by atoms with van der Waals surface area (Å²) in [6.45, 7) is 2.73. The van der Waals surface area contributed by atoms with Gasteiger partial charge >= 0.3 is 0 Å². The SMILES string of the molecule is O=S(=O)(NCCCc1ccc(N2CCCC2)cc1)c1ccccc1Br. The van der Waals surface area contributed by atoms with Crippen molar-refractivity contribution >= 4 is 31.6 Å². The summed E-state index contributed by atoms with van der Waals surface area (Å²) in [5, 5.41) is 0. The van der Waals surface area contributed by atoms with Crippen LogP contribution in [0.5, 0.6) is 0 Å². The maximum Gasteiger partial charge on any atom is 0.241 e. The van der Waals surface area contributed by atoms with Crippen molar-refractivity contribution < 1.29 is 8.42 Å². The van der Waals surface area contributed by atoms with Gasteiger partial charge in [-0.25, -0.2) is 13.1 Å². The van der Waals surface area contributed by atoms with Crippen molar-refractivity contribution in [2.24, 2.45) is 0 Å². The van der Waals surface area contributed by atoms with Crippen LogP contribution in [0.2, 0.25) is 0 Å². The van der Waals surface area contributed by atoms with Crippen LogP contribution >= 0.6 is 15.9 Å². The Morgan fingerprint density at radius 2 is 1.68 bits per heavy atom. The third-order valence-corrected chi connectivity index (χ3v) is 6.94. The highest BCUT2D eigenvalue weighted by Gasteiger charge is 2.16. The molecule has 4 nitrogen and oxygen atoms in total. The third kappa shape index (κ3) is 4.84. The fraction of sp³-hybridized carbons (Fsp3) is 0.368. The standard InChI is InChI=1S/C19H23BrN2O2S/c20-18-7-1-2-8-19(18)25(23,24)21-13-5-6-16-9-11-17(12-10-16)22-14-3-4-15-22/h1-2,7-12,21H,3-6,13-15H2. The normalized spacial score (nSPS) is 14.8. The van der Waals surface area contributed by atoms with E-state index >= 15 is 0 Å². The lowest BCUT2D eigenvalue weighted by Gasteiger charge is -2.17. The van der Waals surface area contributed by atoms with Crippen LogP contribution in [0.3, 0.4) is 0 Å². The van der Waals surface area contributed by atoms with Crippen LogP contribution < -0.4 is 9.62 Å². The molecule has 6 heteroatoms. The molecule has 0 unspecified atom stereocenters. The van der Waals surface area contributed by atoms with E-state index in [1.165, 1.54) is 24.1 Å². The number of rotatable bonds is 7. The van der Waals surface area contributed by atoms with Crippen LogP contribution in [0.25, 0.3) is 0 Å². The van der Waals surface area contributed by atoms with Gasteiger partial charge in [-0.2, -0.15) is 0 Å². The van der Waals surface area contributed by atoms with Gasteiger partial charge in [0, 0.05) is 29.8 Å². The summed E-state index contributed by atoms with van der Waals surface area (Å²) in [6, 6.07) is 15.5. The van der Waals surface area contributed by atoms with Crippen molar-refractivity contribution in [3.8, 4) is 0 Å². The van der Waals surface area contributed by atoms with Gasteiger partial charge in [0.15, 0.2) is 0 Å². The van der Waals surface area contributed by atoms with Gasteiger partial charge in [-0.3, -0.25) is 0 Å². The predicted molar refractivity (Wildman–Crippen MR) is 106 cm³/mol. The zero-order valence-electron chi connectivity index (χ0n) is 14.1. The van der Waals surface area contributed by atoms with E-state index in [0.717, 1.165) is 25.9 Å². The van der Waals surface area contributed by atoms with Crippen molar-refractivity contribution in [1.82, 2.24) is 4.72 Å². The van der Waals surface area contributed by atoms with Crippen molar-refractivity contribution in [2.45, 2.75) is 30.6 Å². The Morgan fingerprint density at radius 3 is 2.36 bits per heavy atom. The maximum atomic E-state index is 12.3. The van der Waals surface area contributed by atoms with Crippen molar-refractivity contribution in [2.75, 3.05) is 24.5 Å². The minimum atomic E-state index is -3.47. The lowest BCUT2D eigenvalue weighted by Crippen LogP contribution is -2.25. The summed E-state index contributed by atoms with van der Waals surface area (Å²) in [4.78, 5) is 2.69. The molecule has 134 valence electrons. The number of halogens is 1. The van der Waals surface area contributed by atoms with Crippen LogP contribution in [-0.4, -0.2) is 28.1 Å². The molecule has 1 N–H and O–H groups in total. The molecule has 0 aliphatic carbocycles. The molecule has 0 saturated carbocycles. The smallest absolute Gasteiger partial charge is 0.241 e. The molecule has 25 heavy (non-hydrogen) atoms. The second-order valence-corrected chi connectivity index (χ2v) is 8.88. The summed E-state index contributed by atoms with van der Waals surface area (Å²) < 4.78 is 27.9. The first kappa shape index (κ1) is 18.4. The van der Waals surface area contributed by atoms with Gasteiger partial charge in [-0.05, 0) is 71.4 Å². The number of benzene rings is 2. The molecular weight excluding hydrogens is 400 g/mol. The van der Waals surface area contributed by atoms with Gasteiger partial charge in [0.25, 0.3) is 0 Å². The highest BCUT2D eigenvalue weighted by Crippen LogP contribution is 2.22. The number of nitrogens with one attached hydrogen (secondary N) is 1. The fourth-order valence-corrected chi connectivity index (χ4v) is 5.16. The van der Waals surface area contributed by atoms with Gasteiger partial charge in [0.2, 0.25) is 10.0 Å². The number of hydrogen-bond donors (Lipinski definition) is 1. The fourth-order valence-electron chi connectivity index (χ4n) is 3.09. The Hall–Kier alpha value is -1.37. The van der Waals surface area contributed by atoms with E-state index in [9.17, 15) is 8.42 Å². The lowest BCUT2D eigenvalue weighted by atomic mass is 10.1. The number of hydrogen-bond acceptors (Lipinski definition) is 3. The summed E-state index contributed by atoms with van der Waals surface area (Å²) in [5.41, 5.74) is 2.53. The van der Waals surface area contributed by atoms with E-state index in [0.29, 0.717) is 11.0 Å². The molecule has 2 aromatic rings. The van der Waals surface area contributed by atoms with Gasteiger partial charge in [-0.15, -0.1) is 0 Å². The van der Waals surface area contributed by atoms with Gasteiger partial charge in [0.05, 0.1) is 4.90 Å². The molecule has 1 heterocycles. The van der Waals surface area contributed by atoms with Crippen molar-refractivity contribution in [3.63, 3.8) is 0 Å². The molecule has 3 rings (SSSR count). The summed E-state index contributed by atoms with van der Waals surface area (Å²) in [5.74, 6) is 0. The largest absolute Gasteiger partial charge is 0.372 e. The van der Waals surface area contributed by atoms with Gasteiger partial charge in [0.1, 0.15) is 0 Å². The molecule has 0 radical (unpaired) electrons. The maximum absolute atomic E-state index is 12.3. The second kappa shape index (κ2) is 8.34. The molecule has 2 aromatic carbocycles. The molecule has 1 fully saturated rings. The predicted octanol–water partition coefficient (Wildman–Crippen LogP) is 3.96. The van der Waals surface area contributed by atoms with E-state index < -0.39 is 10.0 Å². The molecule has 1 aliphatic rings. The average Bonchev–Trinajstić information content (AvgIpc) is 3.14. The van der Waals surface area contributed by atoms with E-state index in [1.54, 1.807) is 24.3 Å². The number of anilines is 1. The van der Waals surface area contributed by atoms with Crippen molar-refractivity contribution in [3.05, 3.63) is 58.6 Å². The summed E-state index contributed by atoms with van der Waals surface area (Å²) in [6.07, 6.45) is 4.18. The minimum absolute atomic E-state index is 0.282. The van der Waals surface area contributed by atoms with Gasteiger partial charge in [-0.1, -0.05) is 24.3 Å². The molecule has 0 amide bonds. The van der Waals surface area contributed by atoms with Crippen LogP contribution in [0, 0.1) is 0 Å². The summed E-state index contributed by atoms with van der Waals surface area (Å²) in [7, 11) is -3.47. The van der Waals surface area contributed by atoms with Gasteiger partial charge < -0.3 is 4.90 Å². The average molecular weight is 423 g/mol. The Bertz CT molecular complexity index is 800. The quantitative estimate of drug-likeness (QED) is 0.686. The Morgan fingerprint density at radius 1 is 1.00 bits per heavy atom. The highest BCUT2D eigenvalue weighted by atomic mass is 79.9. The first-order chi connectivity index (χ1) is 12.1. The lowest BCUT2D eigenvalue weighted by molar-refractivity contribution is 0.578. The first-order valence-corrected chi connectivity index (χ1v) is 10.9. The molecular formula is C19H23BrN2O2S. The van der Waals surface area contributed by atoms with Crippen LogP contribution in [0.15, 0.2) is 57.9 Å². The van der Waals surface area contributed by atoms with Crippen LogP contribution in [0.1, 0.15) is 24.8 Å². The zero-order chi connectivity index (χ0) is 17.7. The van der Waals surface area contributed by atoms with Crippen molar-refractivity contribution in [1.29, 1.82) is 0 Å². The Balaban J connectivity index is 1.49. The Kier molecular flexibility index (Phi) is 6.15. The number of nitrogens with zero attached hydrogens (tertiary/aromatic N) is 1. The van der Waals surface area contributed by atoms with Crippen LogP contribution in [0.4, 0.5) is 5.69 Å².